The Kier molecular flexibility index (Phi) is 4.07. The number of hydrogen-bond acceptors (Lipinski definition) is 3. The van der Waals surface area contributed by atoms with Gasteiger partial charge in [-0.3, -0.25) is 4.79 Å². The van der Waals surface area contributed by atoms with E-state index in [9.17, 15) is 4.79 Å². The summed E-state index contributed by atoms with van der Waals surface area (Å²) in [6, 6.07) is 8.23. The lowest BCUT2D eigenvalue weighted by atomic mass is 10.2. The number of benzene rings is 1. The van der Waals surface area contributed by atoms with Gasteiger partial charge in [0.25, 0.3) is 0 Å². The molecule has 1 saturated carbocycles. The number of nitrogen functional groups attached to an aromatic ring is 1. The molecule has 0 bridgehead atoms. The van der Waals surface area contributed by atoms with Crippen LogP contribution in [0.5, 0.6) is 0 Å². The number of carbonyl (C=O) groups is 1. The molecule has 0 unspecified atom stereocenters. The second kappa shape index (κ2) is 5.76. The highest BCUT2D eigenvalue weighted by Gasteiger charge is 2.23. The van der Waals surface area contributed by atoms with E-state index in [1.54, 1.807) is 0 Å². The molecule has 98 valence electrons. The Balaban J connectivity index is 1.86. The van der Waals surface area contributed by atoms with Crippen molar-refractivity contribution in [2.75, 3.05) is 23.7 Å². The topological polar surface area (TPSA) is 58.4 Å². The Hall–Kier alpha value is -1.71. The number of nitrogens with one attached hydrogen (secondary N) is 1. The number of carbonyl (C=O) groups excluding carboxylic acids is 1. The molecule has 0 spiro atoms. The zero-order chi connectivity index (χ0) is 13.0. The van der Waals surface area contributed by atoms with E-state index in [0.29, 0.717) is 12.5 Å². The minimum atomic E-state index is 0.153. The van der Waals surface area contributed by atoms with Crippen LogP contribution in [0, 0.1) is 0 Å². The highest BCUT2D eigenvalue weighted by atomic mass is 16.1. The largest absolute Gasteiger partial charge is 0.399 e. The second-order valence-corrected chi connectivity index (χ2v) is 4.77. The smallest absolute Gasteiger partial charge is 0.221 e. The van der Waals surface area contributed by atoms with Gasteiger partial charge < -0.3 is 16.0 Å². The molecule has 1 aliphatic carbocycles. The van der Waals surface area contributed by atoms with Gasteiger partial charge >= 0.3 is 0 Å². The summed E-state index contributed by atoms with van der Waals surface area (Å²) >= 11 is 0. The Morgan fingerprint density at radius 3 is 2.89 bits per heavy atom. The van der Waals surface area contributed by atoms with Crippen LogP contribution in [0.2, 0.25) is 0 Å². The Morgan fingerprint density at radius 1 is 1.50 bits per heavy atom. The molecule has 0 radical (unpaired) electrons. The van der Waals surface area contributed by atoms with Gasteiger partial charge in [-0.25, -0.2) is 0 Å². The highest BCUT2D eigenvalue weighted by Crippen LogP contribution is 2.19. The maximum Gasteiger partial charge on any atom is 0.221 e. The van der Waals surface area contributed by atoms with Crippen molar-refractivity contribution in [3.8, 4) is 0 Å². The molecule has 0 saturated heterocycles. The van der Waals surface area contributed by atoms with E-state index in [4.69, 9.17) is 5.73 Å². The van der Waals surface area contributed by atoms with Crippen LogP contribution in [0.15, 0.2) is 24.3 Å². The van der Waals surface area contributed by atoms with E-state index in [1.165, 1.54) is 0 Å². The maximum absolute atomic E-state index is 11.6. The van der Waals surface area contributed by atoms with Crippen molar-refractivity contribution in [1.82, 2.24) is 5.32 Å². The fourth-order valence-corrected chi connectivity index (χ4v) is 1.96. The predicted molar refractivity (Wildman–Crippen MR) is 74.5 cm³/mol. The Labute approximate surface area is 108 Å². The third kappa shape index (κ3) is 3.65. The maximum atomic E-state index is 11.6. The Bertz CT molecular complexity index is 415. The van der Waals surface area contributed by atoms with Crippen molar-refractivity contribution in [3.05, 3.63) is 24.3 Å². The van der Waals surface area contributed by atoms with Crippen LogP contribution in [-0.2, 0) is 4.79 Å². The number of rotatable bonds is 6. The first-order valence-corrected chi connectivity index (χ1v) is 6.59. The third-order valence-corrected chi connectivity index (χ3v) is 3.17. The van der Waals surface area contributed by atoms with Crippen molar-refractivity contribution in [2.45, 2.75) is 32.2 Å². The molecule has 0 heterocycles. The van der Waals surface area contributed by atoms with E-state index in [-0.39, 0.29) is 5.91 Å². The number of anilines is 2. The lowest BCUT2D eigenvalue weighted by Gasteiger charge is -2.23. The molecule has 0 atom stereocenters. The molecular formula is C14H21N3O. The van der Waals surface area contributed by atoms with Crippen LogP contribution >= 0.6 is 0 Å². The van der Waals surface area contributed by atoms with Gasteiger partial charge in [-0.05, 0) is 38.0 Å². The van der Waals surface area contributed by atoms with Crippen LogP contribution in [0.4, 0.5) is 11.4 Å². The monoisotopic (exact) mass is 247 g/mol. The molecule has 1 fully saturated rings. The van der Waals surface area contributed by atoms with E-state index in [1.807, 2.05) is 24.3 Å². The molecule has 0 aromatic heterocycles. The van der Waals surface area contributed by atoms with Gasteiger partial charge in [-0.15, -0.1) is 0 Å². The summed E-state index contributed by atoms with van der Waals surface area (Å²) in [6.45, 7) is 3.70. The Morgan fingerprint density at radius 2 is 2.28 bits per heavy atom. The van der Waals surface area contributed by atoms with Crippen LogP contribution in [0.1, 0.15) is 26.2 Å². The lowest BCUT2D eigenvalue weighted by Crippen LogP contribution is -2.31. The first-order chi connectivity index (χ1) is 8.69. The third-order valence-electron chi connectivity index (χ3n) is 3.17. The lowest BCUT2D eigenvalue weighted by molar-refractivity contribution is -0.121. The summed E-state index contributed by atoms with van der Waals surface area (Å²) in [6.07, 6.45) is 2.82. The molecule has 4 heteroatoms. The fourth-order valence-electron chi connectivity index (χ4n) is 1.96. The normalized spacial score (nSPS) is 14.3. The fraction of sp³-hybridized carbons (Fsp3) is 0.500. The van der Waals surface area contributed by atoms with Crippen molar-refractivity contribution in [1.29, 1.82) is 0 Å². The molecule has 4 nitrogen and oxygen atoms in total. The van der Waals surface area contributed by atoms with Gasteiger partial charge in [0.1, 0.15) is 0 Å². The minimum Gasteiger partial charge on any atom is -0.399 e. The number of hydrogen-bond donors (Lipinski definition) is 2. The number of nitrogens with zero attached hydrogens (tertiary/aromatic N) is 1. The molecular weight excluding hydrogens is 226 g/mol. The average molecular weight is 247 g/mol. The van der Waals surface area contributed by atoms with Crippen molar-refractivity contribution in [2.24, 2.45) is 0 Å². The summed E-state index contributed by atoms with van der Waals surface area (Å²) in [5.74, 6) is 0.153. The molecule has 3 N–H and O–H groups in total. The number of amides is 1. The van der Waals surface area contributed by atoms with Gasteiger partial charge in [0.05, 0.1) is 0 Å². The average Bonchev–Trinajstić information content (AvgIpc) is 3.14. The van der Waals surface area contributed by atoms with Gasteiger partial charge in [-0.2, -0.15) is 0 Å². The first-order valence-electron chi connectivity index (χ1n) is 6.59. The molecule has 2 rings (SSSR count). The SMILES string of the molecule is CCN(CCC(=O)NC1CC1)c1cccc(N)c1. The predicted octanol–water partition coefficient (Wildman–Crippen LogP) is 1.76. The van der Waals surface area contributed by atoms with Crippen LogP contribution < -0.4 is 16.0 Å². The summed E-state index contributed by atoms with van der Waals surface area (Å²) < 4.78 is 0. The van der Waals surface area contributed by atoms with E-state index < -0.39 is 0 Å². The van der Waals surface area contributed by atoms with Gasteiger partial charge in [0.15, 0.2) is 0 Å². The molecule has 1 amide bonds. The van der Waals surface area contributed by atoms with Gasteiger partial charge in [0, 0.05) is 36.9 Å². The molecule has 1 aromatic rings. The standard InChI is InChI=1S/C14H21N3O/c1-2-17(13-5-3-4-11(15)10-13)9-8-14(18)16-12-6-7-12/h3-5,10,12H,2,6-9,15H2,1H3,(H,16,18). The minimum absolute atomic E-state index is 0.153. The van der Waals surface area contributed by atoms with Crippen molar-refractivity contribution < 1.29 is 4.79 Å². The van der Waals surface area contributed by atoms with Crippen LogP contribution in [0.25, 0.3) is 0 Å². The summed E-state index contributed by atoms with van der Waals surface area (Å²) in [5, 5.41) is 3.01. The quantitative estimate of drug-likeness (QED) is 0.753. The number of nitrogens with two attached hydrogens (primary N) is 1. The van der Waals surface area contributed by atoms with E-state index in [0.717, 1.165) is 37.3 Å². The van der Waals surface area contributed by atoms with Gasteiger partial charge in [-0.1, -0.05) is 6.07 Å². The van der Waals surface area contributed by atoms with Crippen molar-refractivity contribution >= 4 is 17.3 Å². The molecule has 1 aromatic carbocycles. The summed E-state index contributed by atoms with van der Waals surface area (Å²) in [7, 11) is 0. The van der Waals surface area contributed by atoms with Gasteiger partial charge in [0.2, 0.25) is 5.91 Å². The molecule has 1 aliphatic rings. The van der Waals surface area contributed by atoms with Crippen LogP contribution in [-0.4, -0.2) is 25.0 Å². The van der Waals surface area contributed by atoms with E-state index >= 15 is 0 Å². The highest BCUT2D eigenvalue weighted by molar-refractivity contribution is 5.77. The zero-order valence-corrected chi connectivity index (χ0v) is 10.9. The summed E-state index contributed by atoms with van der Waals surface area (Å²) in [5.41, 5.74) is 7.61. The zero-order valence-electron chi connectivity index (χ0n) is 10.9. The van der Waals surface area contributed by atoms with Crippen molar-refractivity contribution in [3.63, 3.8) is 0 Å². The first kappa shape index (κ1) is 12.7. The van der Waals surface area contributed by atoms with E-state index in [2.05, 4.69) is 17.1 Å². The molecule has 18 heavy (non-hydrogen) atoms. The summed E-state index contributed by atoms with van der Waals surface area (Å²) in [4.78, 5) is 13.8. The molecule has 0 aliphatic heterocycles. The van der Waals surface area contributed by atoms with Crippen LogP contribution in [0.3, 0.4) is 0 Å². The second-order valence-electron chi connectivity index (χ2n) is 4.77.